The molecule has 0 amide bonds. The monoisotopic (exact) mass is 433 g/mol. The molecule has 0 spiro atoms. The van der Waals surface area contributed by atoms with Gasteiger partial charge in [0.15, 0.2) is 0 Å². The van der Waals surface area contributed by atoms with Crippen LogP contribution in [0.3, 0.4) is 0 Å². The van der Waals surface area contributed by atoms with Gasteiger partial charge in [-0.25, -0.2) is 0 Å². The average Bonchev–Trinajstić information content (AvgIpc) is 0. The van der Waals surface area contributed by atoms with Gasteiger partial charge >= 0.3 is 0 Å². The molecule has 0 fully saturated rings. The van der Waals surface area contributed by atoms with Crippen molar-refractivity contribution in [1.82, 2.24) is 0 Å². The van der Waals surface area contributed by atoms with Gasteiger partial charge in [-0.05, 0) is 0 Å². The molecule has 0 unspecified atom stereocenters. The molecule has 23 valence electrons. The molecular formula is CuMoPbZn. The van der Waals surface area contributed by atoms with Crippen molar-refractivity contribution in [3.63, 3.8) is 0 Å². The molecule has 0 nitrogen and oxygen atoms in total. The summed E-state index contributed by atoms with van der Waals surface area (Å²) in [5.41, 5.74) is 0. The Morgan fingerprint density at radius 1 is 1.00 bits per heavy atom. The van der Waals surface area contributed by atoms with E-state index in [1.165, 1.54) is 0 Å². The van der Waals surface area contributed by atoms with E-state index in [4.69, 9.17) is 0 Å². The quantitative estimate of drug-likeness (QED) is 0.458. The third kappa shape index (κ3) is 8.83. The molecule has 0 heterocycles. The zero-order valence-electron chi connectivity index (χ0n) is 1.92. The Kier molecular flexibility index (Phi) is 126. The Labute approximate surface area is 83.5 Å². The number of hydrogen-bond acceptors (Lipinski definition) is 0. The van der Waals surface area contributed by atoms with Crippen molar-refractivity contribution >= 4 is 27.3 Å². The zero-order chi connectivity index (χ0) is 0. The van der Waals surface area contributed by atoms with E-state index < -0.39 is 0 Å². The second-order valence-corrected chi connectivity index (χ2v) is 0. The van der Waals surface area contributed by atoms with Crippen molar-refractivity contribution in [2.75, 3.05) is 0 Å². The van der Waals surface area contributed by atoms with E-state index in [1.807, 2.05) is 0 Å². The third-order valence-corrected chi connectivity index (χ3v) is 0. The first kappa shape index (κ1) is 29.5. The third-order valence-electron chi connectivity index (χ3n) is 0. The van der Waals surface area contributed by atoms with Gasteiger partial charge in [0.25, 0.3) is 0 Å². The van der Waals surface area contributed by atoms with Crippen molar-refractivity contribution in [2.24, 2.45) is 0 Å². The van der Waals surface area contributed by atoms with Gasteiger partial charge < -0.3 is 0 Å². The van der Waals surface area contributed by atoms with Crippen LogP contribution in [0.4, 0.5) is 0 Å². The van der Waals surface area contributed by atoms with Gasteiger partial charge in [0.2, 0.25) is 0 Å². The van der Waals surface area contributed by atoms with E-state index in [2.05, 4.69) is 0 Å². The van der Waals surface area contributed by atoms with Crippen LogP contribution in [0.5, 0.6) is 0 Å². The SMILES string of the molecule is [Cu].[Mo].[Pb].[Zn]. The van der Waals surface area contributed by atoms with E-state index in [9.17, 15) is 0 Å². The molecule has 0 saturated heterocycles. The fourth-order valence-corrected chi connectivity index (χ4v) is 0. The molecule has 0 aromatic heterocycles. The molecule has 4 heteroatoms. The molecule has 0 aromatic carbocycles. The van der Waals surface area contributed by atoms with Crippen molar-refractivity contribution in [3.8, 4) is 0 Å². The van der Waals surface area contributed by atoms with E-state index in [0.29, 0.717) is 0 Å². The summed E-state index contributed by atoms with van der Waals surface area (Å²) in [6.07, 6.45) is 0. The predicted octanol–water partition coefficient (Wildman–Crippen LogP) is -0.388. The fourth-order valence-electron chi connectivity index (χ4n) is 0. The van der Waals surface area contributed by atoms with Gasteiger partial charge in [-0.3, -0.25) is 0 Å². The normalized spacial score (nSPS) is 0. The van der Waals surface area contributed by atoms with Crippen LogP contribution in [0.2, 0.25) is 0 Å². The average molecular weight is 432 g/mol. The van der Waals surface area contributed by atoms with Crippen LogP contribution in [-0.4, -0.2) is 27.3 Å². The zero-order valence-corrected chi connectivity index (χ0v) is 11.7. The Balaban J connectivity index is 0. The van der Waals surface area contributed by atoms with Crippen LogP contribution < -0.4 is 0 Å². The molecule has 0 aliphatic carbocycles. The van der Waals surface area contributed by atoms with Crippen LogP contribution in [0.15, 0.2) is 0 Å². The summed E-state index contributed by atoms with van der Waals surface area (Å²) in [6, 6.07) is 0. The van der Waals surface area contributed by atoms with E-state index in [0.717, 1.165) is 0 Å². The number of hydrogen-bond donors (Lipinski definition) is 0. The molecule has 4 heavy (non-hydrogen) atoms. The van der Waals surface area contributed by atoms with Gasteiger partial charge in [-0.15, -0.1) is 0 Å². The first-order valence-electron chi connectivity index (χ1n) is 0. The van der Waals surface area contributed by atoms with Gasteiger partial charge in [0.1, 0.15) is 0 Å². The molecule has 0 aromatic rings. The summed E-state index contributed by atoms with van der Waals surface area (Å²) in [7, 11) is 0. The summed E-state index contributed by atoms with van der Waals surface area (Å²) in [4.78, 5) is 0. The van der Waals surface area contributed by atoms with Crippen LogP contribution in [-0.2, 0) is 57.6 Å². The summed E-state index contributed by atoms with van der Waals surface area (Å²) < 4.78 is 0. The topological polar surface area (TPSA) is 0 Å². The van der Waals surface area contributed by atoms with Gasteiger partial charge in [0, 0.05) is 84.9 Å². The van der Waals surface area contributed by atoms with Crippen molar-refractivity contribution in [2.45, 2.75) is 0 Å². The van der Waals surface area contributed by atoms with Crippen LogP contribution in [0.25, 0.3) is 0 Å². The Hall–Kier alpha value is 2.75. The maximum absolute atomic E-state index is 0. The minimum atomic E-state index is 0. The predicted molar refractivity (Wildman–Crippen MR) is 5.75 cm³/mol. The molecule has 0 N–H and O–H groups in total. The molecule has 5 radical (unpaired) electrons. The first-order valence-corrected chi connectivity index (χ1v) is 0. The molecule has 0 rings (SSSR count). The smallest absolute Gasteiger partial charge is 0 e. The Morgan fingerprint density at radius 3 is 1.00 bits per heavy atom. The van der Waals surface area contributed by atoms with Crippen molar-refractivity contribution in [1.29, 1.82) is 0 Å². The van der Waals surface area contributed by atoms with Crippen molar-refractivity contribution < 1.29 is 57.6 Å². The number of rotatable bonds is 0. The summed E-state index contributed by atoms with van der Waals surface area (Å²) >= 11 is 0. The van der Waals surface area contributed by atoms with Crippen LogP contribution >= 0.6 is 0 Å². The van der Waals surface area contributed by atoms with Gasteiger partial charge in [-0.1, -0.05) is 0 Å². The summed E-state index contributed by atoms with van der Waals surface area (Å²) in [5.74, 6) is 0. The van der Waals surface area contributed by atoms with Crippen molar-refractivity contribution in [3.05, 3.63) is 0 Å². The summed E-state index contributed by atoms with van der Waals surface area (Å²) in [6.45, 7) is 0. The maximum Gasteiger partial charge on any atom is 0 e. The second-order valence-electron chi connectivity index (χ2n) is 0. The molecule has 0 bridgehead atoms. The molecule has 0 atom stereocenters. The minimum absolute atomic E-state index is 0. The fraction of sp³-hybridized carbons (Fsp3) is 0. The molecule has 0 aliphatic heterocycles. The molecular weight excluding hydrogens is 432 g/mol. The minimum Gasteiger partial charge on any atom is 0 e. The first-order chi connectivity index (χ1) is 0. The van der Waals surface area contributed by atoms with Crippen LogP contribution in [0, 0.1) is 0 Å². The Morgan fingerprint density at radius 2 is 1.00 bits per heavy atom. The molecule has 0 aliphatic rings. The maximum atomic E-state index is 0. The van der Waals surface area contributed by atoms with E-state index in [1.54, 1.807) is 0 Å². The summed E-state index contributed by atoms with van der Waals surface area (Å²) in [5, 5.41) is 0. The largest absolute Gasteiger partial charge is 0 e. The van der Waals surface area contributed by atoms with E-state index >= 15 is 0 Å². The van der Waals surface area contributed by atoms with Gasteiger partial charge in [-0.2, -0.15) is 0 Å². The van der Waals surface area contributed by atoms with Crippen LogP contribution in [0.1, 0.15) is 0 Å². The second kappa shape index (κ2) is 17.1. The Bertz CT molecular complexity index is 8.00. The molecule has 0 saturated carbocycles. The van der Waals surface area contributed by atoms with Gasteiger partial charge in [0.05, 0.1) is 0 Å². The van der Waals surface area contributed by atoms with E-state index in [-0.39, 0.29) is 84.9 Å². The standard InChI is InChI=1S/Cu.Mo.Pb.Zn.